The summed E-state index contributed by atoms with van der Waals surface area (Å²) in [6.45, 7) is 5.56. The second-order valence-electron chi connectivity index (χ2n) is 7.04. The zero-order chi connectivity index (χ0) is 15.7. The van der Waals surface area contributed by atoms with Crippen LogP contribution in [0.4, 0.5) is 0 Å². The van der Waals surface area contributed by atoms with Crippen LogP contribution in [0.5, 0.6) is 5.75 Å². The molecule has 1 spiro atoms. The number of nitrogens with one attached hydrogen (secondary N) is 1. The fourth-order valence-electron chi connectivity index (χ4n) is 4.53. The summed E-state index contributed by atoms with van der Waals surface area (Å²) in [7, 11) is 0. The van der Waals surface area contributed by atoms with Crippen molar-refractivity contribution in [2.24, 2.45) is 5.41 Å². The molecule has 0 aromatic heterocycles. The van der Waals surface area contributed by atoms with E-state index < -0.39 is 0 Å². The lowest BCUT2D eigenvalue weighted by molar-refractivity contribution is -0.173. The molecule has 4 rings (SSSR count). The Labute approximate surface area is 138 Å². The monoisotopic (exact) mass is 317 g/mol. The van der Waals surface area contributed by atoms with Crippen LogP contribution in [0.25, 0.3) is 0 Å². The fourth-order valence-corrected chi connectivity index (χ4v) is 4.53. The molecular formula is C19H27NO3. The summed E-state index contributed by atoms with van der Waals surface area (Å²) in [5.74, 6) is 1.06. The molecule has 1 N–H and O–H groups in total. The molecule has 0 bridgehead atoms. The molecule has 2 aliphatic heterocycles. The summed E-state index contributed by atoms with van der Waals surface area (Å²) < 4.78 is 17.6. The van der Waals surface area contributed by atoms with Gasteiger partial charge < -0.3 is 19.5 Å². The number of rotatable bonds is 5. The summed E-state index contributed by atoms with van der Waals surface area (Å²) in [4.78, 5) is 0. The van der Waals surface area contributed by atoms with E-state index in [4.69, 9.17) is 14.2 Å². The minimum Gasteiger partial charge on any atom is -0.488 e. The second-order valence-corrected chi connectivity index (χ2v) is 7.04. The molecule has 3 atom stereocenters. The van der Waals surface area contributed by atoms with Gasteiger partial charge in [-0.05, 0) is 37.8 Å². The van der Waals surface area contributed by atoms with E-state index in [0.717, 1.165) is 57.8 Å². The summed E-state index contributed by atoms with van der Waals surface area (Å²) in [5, 5.41) is 3.78. The van der Waals surface area contributed by atoms with Gasteiger partial charge in [-0.1, -0.05) is 18.2 Å². The van der Waals surface area contributed by atoms with Crippen molar-refractivity contribution in [3.05, 3.63) is 29.8 Å². The molecule has 1 aromatic carbocycles. The highest BCUT2D eigenvalue weighted by Gasteiger charge is 2.55. The van der Waals surface area contributed by atoms with Crippen molar-refractivity contribution in [1.29, 1.82) is 0 Å². The molecule has 126 valence electrons. The summed E-state index contributed by atoms with van der Waals surface area (Å²) in [6, 6.07) is 8.92. The van der Waals surface area contributed by atoms with Crippen molar-refractivity contribution in [3.63, 3.8) is 0 Å². The van der Waals surface area contributed by atoms with E-state index >= 15 is 0 Å². The van der Waals surface area contributed by atoms with Crippen molar-refractivity contribution in [2.45, 2.75) is 50.9 Å². The Morgan fingerprint density at radius 1 is 1.26 bits per heavy atom. The molecule has 4 heteroatoms. The van der Waals surface area contributed by atoms with Crippen molar-refractivity contribution in [3.8, 4) is 5.75 Å². The molecule has 1 saturated carbocycles. The lowest BCUT2D eigenvalue weighted by Gasteiger charge is -2.57. The summed E-state index contributed by atoms with van der Waals surface area (Å²) >= 11 is 0. The lowest BCUT2D eigenvalue weighted by atomic mass is 9.57. The van der Waals surface area contributed by atoms with Crippen LogP contribution in [0.2, 0.25) is 0 Å². The van der Waals surface area contributed by atoms with E-state index in [9.17, 15) is 0 Å². The predicted molar refractivity (Wildman–Crippen MR) is 88.9 cm³/mol. The zero-order valence-corrected chi connectivity index (χ0v) is 13.9. The average Bonchev–Trinajstić information content (AvgIpc) is 3.01. The van der Waals surface area contributed by atoms with Gasteiger partial charge in [0.15, 0.2) is 0 Å². The van der Waals surface area contributed by atoms with E-state index in [-0.39, 0.29) is 11.5 Å². The van der Waals surface area contributed by atoms with Gasteiger partial charge in [0, 0.05) is 44.2 Å². The van der Waals surface area contributed by atoms with Crippen molar-refractivity contribution < 1.29 is 14.2 Å². The van der Waals surface area contributed by atoms with E-state index in [1.807, 2.05) is 6.07 Å². The van der Waals surface area contributed by atoms with Crippen LogP contribution in [0.3, 0.4) is 0 Å². The first-order valence-corrected chi connectivity index (χ1v) is 8.99. The van der Waals surface area contributed by atoms with Gasteiger partial charge in [0.2, 0.25) is 0 Å². The maximum atomic E-state index is 6.06. The van der Waals surface area contributed by atoms with Crippen LogP contribution >= 0.6 is 0 Å². The number of hydrogen-bond acceptors (Lipinski definition) is 4. The van der Waals surface area contributed by atoms with Crippen molar-refractivity contribution in [1.82, 2.24) is 5.32 Å². The van der Waals surface area contributed by atoms with Gasteiger partial charge in [0.1, 0.15) is 11.9 Å². The Bertz CT molecular complexity index is 516. The summed E-state index contributed by atoms with van der Waals surface area (Å²) in [5.41, 5.74) is 1.61. The van der Waals surface area contributed by atoms with Crippen LogP contribution in [0.15, 0.2) is 24.3 Å². The Kier molecular flexibility index (Phi) is 4.31. The molecule has 1 aromatic rings. The van der Waals surface area contributed by atoms with Gasteiger partial charge in [0.05, 0.1) is 6.10 Å². The second kappa shape index (κ2) is 6.42. The number of fused-ring (bicyclic) bond motifs is 1. The van der Waals surface area contributed by atoms with Crippen molar-refractivity contribution in [2.75, 3.05) is 26.4 Å². The maximum Gasteiger partial charge on any atom is 0.123 e. The largest absolute Gasteiger partial charge is 0.488 e. The normalized spacial score (nSPS) is 31.4. The van der Waals surface area contributed by atoms with E-state index in [1.165, 1.54) is 5.56 Å². The highest BCUT2D eigenvalue weighted by molar-refractivity contribution is 5.37. The number of ether oxygens (including phenoxy) is 3. The number of hydrogen-bond donors (Lipinski definition) is 1. The minimum absolute atomic E-state index is 0.260. The fraction of sp³-hybridized carbons (Fsp3) is 0.684. The molecule has 4 nitrogen and oxygen atoms in total. The molecule has 23 heavy (non-hydrogen) atoms. The molecule has 1 saturated heterocycles. The standard InChI is InChI=1S/C19H27NO3/c1-2-22-18-12-17(19(18)7-9-21-10-8-19)20-13-15-11-14-5-3-4-6-16(14)23-15/h3-6,15,17-18,20H,2,7-13H2,1H3/t15-,17-,18+/m0/s1. The Morgan fingerprint density at radius 3 is 2.87 bits per heavy atom. The van der Waals surface area contributed by atoms with Gasteiger partial charge in [-0.25, -0.2) is 0 Å². The van der Waals surface area contributed by atoms with Crippen LogP contribution in [-0.2, 0) is 15.9 Å². The minimum atomic E-state index is 0.260. The van der Waals surface area contributed by atoms with Gasteiger partial charge >= 0.3 is 0 Å². The Balaban J connectivity index is 1.34. The van der Waals surface area contributed by atoms with Crippen LogP contribution in [0.1, 0.15) is 31.7 Å². The third-order valence-corrected chi connectivity index (χ3v) is 5.88. The summed E-state index contributed by atoms with van der Waals surface area (Å²) in [6.07, 6.45) is 5.02. The average molecular weight is 317 g/mol. The highest BCUT2D eigenvalue weighted by atomic mass is 16.5. The van der Waals surface area contributed by atoms with Gasteiger partial charge in [-0.15, -0.1) is 0 Å². The number of benzene rings is 1. The van der Waals surface area contributed by atoms with E-state index in [2.05, 4.69) is 30.4 Å². The molecule has 0 radical (unpaired) electrons. The third-order valence-electron chi connectivity index (χ3n) is 5.88. The third kappa shape index (κ3) is 2.77. The SMILES string of the molecule is CCO[C@@H]1C[C@H](NC[C@@H]2Cc3ccccc3O2)C12CCOCC2. The predicted octanol–water partition coefficient (Wildman–Crippen LogP) is 2.55. The van der Waals surface area contributed by atoms with Crippen LogP contribution in [-0.4, -0.2) is 44.6 Å². The first-order valence-electron chi connectivity index (χ1n) is 8.99. The van der Waals surface area contributed by atoms with E-state index in [0.29, 0.717) is 12.1 Å². The molecular weight excluding hydrogens is 290 g/mol. The first kappa shape index (κ1) is 15.4. The smallest absolute Gasteiger partial charge is 0.123 e. The van der Waals surface area contributed by atoms with E-state index in [1.54, 1.807) is 0 Å². The molecule has 1 aliphatic carbocycles. The molecule has 3 aliphatic rings. The Morgan fingerprint density at radius 2 is 2.09 bits per heavy atom. The van der Waals surface area contributed by atoms with Gasteiger partial charge in [-0.2, -0.15) is 0 Å². The molecule has 0 amide bonds. The maximum absolute atomic E-state index is 6.06. The van der Waals surface area contributed by atoms with Crippen LogP contribution < -0.4 is 10.1 Å². The first-order chi connectivity index (χ1) is 11.3. The molecule has 0 unspecified atom stereocenters. The molecule has 2 fully saturated rings. The molecule has 2 heterocycles. The number of para-hydroxylation sites is 1. The van der Waals surface area contributed by atoms with Crippen molar-refractivity contribution >= 4 is 0 Å². The quantitative estimate of drug-likeness (QED) is 0.906. The zero-order valence-electron chi connectivity index (χ0n) is 13.9. The highest BCUT2D eigenvalue weighted by Crippen LogP contribution is 2.50. The topological polar surface area (TPSA) is 39.7 Å². The van der Waals surface area contributed by atoms with Crippen LogP contribution in [0, 0.1) is 5.41 Å². The van der Waals surface area contributed by atoms with Gasteiger partial charge in [0.25, 0.3) is 0 Å². The van der Waals surface area contributed by atoms with Gasteiger partial charge in [-0.3, -0.25) is 0 Å². The lowest BCUT2D eigenvalue weighted by Crippen LogP contribution is -2.66. The Hall–Kier alpha value is -1.10.